The molecular weight excluding hydrogens is 1440 g/mol. The zero-order valence-electron chi connectivity index (χ0n) is 65.8. The second-order valence-electron chi connectivity index (χ2n) is 28.7. The number of hydrogen-bond acceptors (Lipinski definition) is 18. The third-order valence-corrected chi connectivity index (χ3v) is 17.8. The summed E-state index contributed by atoms with van der Waals surface area (Å²) in [5.41, 5.74) is 68.7. The fourth-order valence-electron chi connectivity index (χ4n) is 11.2. The van der Waals surface area contributed by atoms with Crippen molar-refractivity contribution in [3.63, 3.8) is 0 Å². The van der Waals surface area contributed by atoms with Crippen LogP contribution in [0.5, 0.6) is 0 Å². The van der Waals surface area contributed by atoms with Gasteiger partial charge in [0.1, 0.15) is 66.5 Å². The van der Waals surface area contributed by atoms with E-state index in [2.05, 4.69) is 88.4 Å². The summed E-state index contributed by atoms with van der Waals surface area (Å²) in [6.07, 6.45) is 2.07. The number of para-hydroxylation sites is 1. The normalized spacial score (nSPS) is 14.7. The molecule has 0 unspecified atom stereocenters. The number of benzene rings is 1. The molecule has 2 aromatic rings. The molecule has 41 nitrogen and oxygen atoms in total. The first-order valence-electron chi connectivity index (χ1n) is 37.3. The standard InChI is InChI=1S/C70H125N29O12/c1-12-38(10)53(99-61(107)48(31-34(2)3)95-58(104)45(23-17-28-85-68(77)78)93-62(108)50(71)35(4)5)65(111)98-51(36(6)7)63(109)89-39(11)55(101)97-52(37(8)9)64(110)94-46(24-18-29-86-69(79)80)57(103)92-47(25-30-87-70(81)82)59(105)96-49(32-40-33-88-42-20-14-13-19-41(40)42)60(106)91-44(22-16-27-84-67(75)76)56(102)90-43(54(72)100)21-15-26-83-66(73)74/h13-14,19-20,33-39,43-53,88H,12,15-18,21-32,71H2,1-11H3,(H2,72,100)(H,89,109)(H,90,102)(H,91,106)(H,92,103)(H,93,108)(H,94,110)(H,95,104)(H,96,105)(H,97,101)(H,98,111)(H,99,107)(H4,73,74,83)(H4,75,76,84)(H4,77,78,85)(H4,79,80,86)(H4,81,82,87)/t38-,39-,43-,44-,45-,46-,47-,48-,49-,50-,51-,52-,53-/m0/s1. The number of amides is 12. The number of hydrogen-bond donors (Lipinski definition) is 24. The quantitative estimate of drug-likeness (QED) is 0.0166. The van der Waals surface area contributed by atoms with Gasteiger partial charge in [0.05, 0.1) is 6.04 Å². The second-order valence-corrected chi connectivity index (χ2v) is 28.7. The maximum atomic E-state index is 14.9. The van der Waals surface area contributed by atoms with E-state index in [1.54, 1.807) is 85.9 Å². The summed E-state index contributed by atoms with van der Waals surface area (Å²) in [6.45, 7) is 18.4. The largest absolute Gasteiger partial charge is 0.370 e. The van der Waals surface area contributed by atoms with Crippen LogP contribution in [0.25, 0.3) is 10.9 Å². The summed E-state index contributed by atoms with van der Waals surface area (Å²) in [5, 5.41) is 30.2. The summed E-state index contributed by atoms with van der Waals surface area (Å²) >= 11 is 0. The lowest BCUT2D eigenvalue weighted by Crippen LogP contribution is -2.62. The van der Waals surface area contributed by atoms with Crippen molar-refractivity contribution in [1.29, 1.82) is 0 Å². The first-order valence-corrected chi connectivity index (χ1v) is 37.3. The molecule has 0 aliphatic heterocycles. The number of nitrogens with one attached hydrogen (secondary N) is 12. The fourth-order valence-corrected chi connectivity index (χ4v) is 11.2. The van der Waals surface area contributed by atoms with E-state index in [-0.39, 0.29) is 145 Å². The van der Waals surface area contributed by atoms with Gasteiger partial charge in [-0.3, -0.25) is 82.5 Å². The molecule has 111 heavy (non-hydrogen) atoms. The van der Waals surface area contributed by atoms with Crippen molar-refractivity contribution in [3.8, 4) is 0 Å². The van der Waals surface area contributed by atoms with Crippen molar-refractivity contribution < 1.29 is 57.5 Å². The van der Waals surface area contributed by atoms with Crippen LogP contribution in [0.4, 0.5) is 0 Å². The fraction of sp³-hybridized carbons (Fsp3) is 0.643. The van der Waals surface area contributed by atoms with Crippen molar-refractivity contribution in [2.45, 2.75) is 226 Å². The summed E-state index contributed by atoms with van der Waals surface area (Å²) in [4.78, 5) is 193. The van der Waals surface area contributed by atoms with Crippen LogP contribution in [0.1, 0.15) is 152 Å². The van der Waals surface area contributed by atoms with E-state index >= 15 is 0 Å². The lowest BCUT2D eigenvalue weighted by atomic mass is 9.95. The number of primary amides is 1. The third kappa shape index (κ3) is 35.7. The monoisotopic (exact) mass is 1560 g/mol. The van der Waals surface area contributed by atoms with Gasteiger partial charge in [-0.15, -0.1) is 0 Å². The van der Waals surface area contributed by atoms with Crippen molar-refractivity contribution in [2.24, 2.45) is 123 Å². The average Bonchev–Trinajstić information content (AvgIpc) is 1.77. The van der Waals surface area contributed by atoms with Gasteiger partial charge in [-0.25, -0.2) is 0 Å². The highest BCUT2D eigenvalue weighted by Crippen LogP contribution is 2.21. The van der Waals surface area contributed by atoms with E-state index < -0.39 is 161 Å². The number of guanidine groups is 5. The van der Waals surface area contributed by atoms with E-state index in [1.165, 1.54) is 6.92 Å². The van der Waals surface area contributed by atoms with Crippen LogP contribution >= 0.6 is 0 Å². The highest BCUT2D eigenvalue weighted by molar-refractivity contribution is 6.00. The number of carbonyl (C=O) groups is 12. The molecule has 1 aromatic carbocycles. The maximum absolute atomic E-state index is 14.9. The minimum absolute atomic E-state index is 0.0104. The number of rotatable bonds is 51. The van der Waals surface area contributed by atoms with Gasteiger partial charge in [0.2, 0.25) is 70.9 Å². The Morgan fingerprint density at radius 2 is 0.712 bits per heavy atom. The van der Waals surface area contributed by atoms with Gasteiger partial charge in [-0.1, -0.05) is 93.9 Å². The van der Waals surface area contributed by atoms with Gasteiger partial charge in [-0.2, -0.15) is 0 Å². The predicted molar refractivity (Wildman–Crippen MR) is 424 cm³/mol. The number of aromatic amines is 1. The van der Waals surface area contributed by atoms with Crippen LogP contribution in [-0.2, 0) is 64.0 Å². The molecule has 622 valence electrons. The topological polar surface area (TPSA) is 727 Å². The molecule has 0 saturated carbocycles. The molecule has 1 heterocycles. The molecular formula is C70H125N29O12. The molecule has 2 rings (SSSR count). The highest BCUT2D eigenvalue weighted by Gasteiger charge is 2.39. The number of nitrogens with two attached hydrogens (primary N) is 12. The van der Waals surface area contributed by atoms with Crippen molar-refractivity contribution in [1.82, 2.24) is 63.5 Å². The Hall–Kier alpha value is -11.3. The maximum Gasteiger partial charge on any atom is 0.243 e. The van der Waals surface area contributed by atoms with Gasteiger partial charge in [0.15, 0.2) is 29.8 Å². The summed E-state index contributed by atoms with van der Waals surface area (Å²) in [7, 11) is 0. The number of aromatic nitrogens is 1. The molecule has 0 radical (unpaired) electrons. The molecule has 13 atom stereocenters. The third-order valence-electron chi connectivity index (χ3n) is 17.8. The van der Waals surface area contributed by atoms with Crippen LogP contribution in [0.2, 0.25) is 0 Å². The number of carbonyl (C=O) groups excluding carboxylic acids is 12. The molecule has 1 aromatic heterocycles. The van der Waals surface area contributed by atoms with Crippen LogP contribution in [0.15, 0.2) is 55.4 Å². The van der Waals surface area contributed by atoms with Crippen LogP contribution < -0.4 is 127 Å². The Bertz CT molecular complexity index is 3560. The van der Waals surface area contributed by atoms with Gasteiger partial charge < -0.3 is 132 Å². The van der Waals surface area contributed by atoms with Crippen LogP contribution in [-0.4, -0.2) is 211 Å². The minimum Gasteiger partial charge on any atom is -0.370 e. The van der Waals surface area contributed by atoms with Crippen LogP contribution in [0.3, 0.4) is 0 Å². The zero-order chi connectivity index (χ0) is 83.9. The molecule has 0 bridgehead atoms. The summed E-state index contributed by atoms with van der Waals surface area (Å²) in [5.74, 6) is -13.4. The Kier molecular flexibility index (Phi) is 42.3. The Balaban J connectivity index is 2.56. The first-order chi connectivity index (χ1) is 52.1. The highest BCUT2D eigenvalue weighted by atomic mass is 16.2. The average molecular weight is 1560 g/mol. The zero-order valence-corrected chi connectivity index (χ0v) is 65.8. The molecule has 0 aliphatic carbocycles. The Labute approximate surface area is 647 Å². The molecule has 0 aliphatic rings. The number of nitrogens with zero attached hydrogens (tertiary/aromatic N) is 5. The van der Waals surface area contributed by atoms with Gasteiger partial charge >= 0.3 is 0 Å². The molecule has 0 fully saturated rings. The molecule has 12 amide bonds. The number of H-pyrrole nitrogens is 1. The lowest BCUT2D eigenvalue weighted by molar-refractivity contribution is -0.137. The van der Waals surface area contributed by atoms with Gasteiger partial charge in [0, 0.05) is 56.2 Å². The summed E-state index contributed by atoms with van der Waals surface area (Å²) < 4.78 is 0. The Morgan fingerprint density at radius 1 is 0.369 bits per heavy atom. The number of fused-ring (bicyclic) bond motifs is 1. The van der Waals surface area contributed by atoms with Crippen molar-refractivity contribution >= 4 is 112 Å². The van der Waals surface area contributed by atoms with Crippen molar-refractivity contribution in [2.75, 3.05) is 32.7 Å². The van der Waals surface area contributed by atoms with Crippen LogP contribution in [0, 0.1) is 29.6 Å². The summed E-state index contributed by atoms with van der Waals surface area (Å²) in [6, 6.07) is -8.81. The molecule has 0 saturated heterocycles. The van der Waals surface area contributed by atoms with E-state index in [9.17, 15) is 57.5 Å². The molecule has 0 spiro atoms. The van der Waals surface area contributed by atoms with E-state index in [4.69, 9.17) is 68.8 Å². The minimum atomic E-state index is -1.58. The van der Waals surface area contributed by atoms with E-state index in [1.807, 2.05) is 13.8 Å². The van der Waals surface area contributed by atoms with E-state index in [0.717, 1.165) is 0 Å². The van der Waals surface area contributed by atoms with Gasteiger partial charge in [-0.05, 0) is 112 Å². The van der Waals surface area contributed by atoms with Crippen molar-refractivity contribution in [3.05, 3.63) is 36.0 Å². The van der Waals surface area contributed by atoms with Gasteiger partial charge in [0.25, 0.3) is 0 Å². The SMILES string of the molecule is CC[C@H](C)[C@H](NC(=O)[C@H](CC(C)C)NC(=O)[C@H](CCCN=C(N)N)NC(=O)[C@@H](N)C(C)C)C(=O)N[C@H](C(=O)N[C@@H](C)C(=O)N[C@H](C(=O)N[C@@H](CCCN=C(N)N)C(=O)N[C@@H](CCN=C(N)N)C(=O)N[C@@H](Cc1c[nH]c2ccccc12)C(=O)N[C@@H](CCCN=C(N)N)C(=O)N[C@@H](CCCN=C(N)N)C(N)=O)C(C)C)C(C)C. The predicted octanol–water partition coefficient (Wildman–Crippen LogP) is -6.19. The lowest BCUT2D eigenvalue weighted by Gasteiger charge is -2.31. The Morgan fingerprint density at radius 3 is 1.14 bits per heavy atom. The van der Waals surface area contributed by atoms with E-state index in [0.29, 0.717) is 22.9 Å². The molecule has 36 N–H and O–H groups in total. The molecule has 41 heteroatoms. The number of aliphatic imine (C=N–C) groups is 5. The smallest absolute Gasteiger partial charge is 0.243 e. The first kappa shape index (κ1) is 95.8. The second kappa shape index (κ2) is 49.0.